The van der Waals surface area contributed by atoms with Crippen molar-refractivity contribution in [2.75, 3.05) is 6.61 Å². The third-order valence-electron chi connectivity index (χ3n) is 4.24. The summed E-state index contributed by atoms with van der Waals surface area (Å²) >= 11 is 0. The van der Waals surface area contributed by atoms with E-state index in [2.05, 4.69) is 14.7 Å². The van der Waals surface area contributed by atoms with Gasteiger partial charge in [0.25, 0.3) is 0 Å². The number of rotatable bonds is 9. The van der Waals surface area contributed by atoms with Crippen molar-refractivity contribution >= 4 is 12.0 Å². The van der Waals surface area contributed by atoms with Crippen LogP contribution in [0.1, 0.15) is 18.1 Å². The molecular formula is C20H16F8N2O2. The van der Waals surface area contributed by atoms with Crippen molar-refractivity contribution in [1.82, 2.24) is 9.97 Å². The molecule has 0 fully saturated rings. The molecule has 174 valence electrons. The number of alkyl halides is 8. The molecule has 0 spiro atoms. The minimum Gasteiger partial charge on any atom is -0.456 e. The zero-order chi connectivity index (χ0) is 24.2. The van der Waals surface area contributed by atoms with Crippen LogP contribution in [0.25, 0.3) is 17.5 Å². The fourth-order valence-electron chi connectivity index (χ4n) is 2.28. The second kappa shape index (κ2) is 9.61. The molecule has 4 nitrogen and oxygen atoms in total. The minimum absolute atomic E-state index is 0.372. The lowest BCUT2D eigenvalue weighted by Gasteiger charge is -2.31. The van der Waals surface area contributed by atoms with Gasteiger partial charge in [-0.15, -0.1) is 0 Å². The molecule has 2 rings (SSSR count). The first-order valence-corrected chi connectivity index (χ1v) is 8.99. The molecule has 0 aliphatic carbocycles. The molecule has 32 heavy (non-hydrogen) atoms. The topological polar surface area (TPSA) is 52.1 Å². The molecule has 1 heterocycles. The fraction of sp³-hybridized carbons (Fsp3) is 0.350. The number of esters is 1. The number of hydrogen-bond acceptors (Lipinski definition) is 4. The van der Waals surface area contributed by atoms with Gasteiger partial charge in [0.15, 0.2) is 12.4 Å². The Labute approximate surface area is 176 Å². The van der Waals surface area contributed by atoms with E-state index < -0.39 is 36.8 Å². The van der Waals surface area contributed by atoms with Crippen molar-refractivity contribution in [2.24, 2.45) is 0 Å². The molecular weight excluding hydrogens is 452 g/mol. The number of hydrogen-bond donors (Lipinski definition) is 0. The smallest absolute Gasteiger partial charge is 0.381 e. The van der Waals surface area contributed by atoms with Crippen LogP contribution < -0.4 is 0 Å². The normalized spacial score (nSPS) is 13.1. The monoisotopic (exact) mass is 468 g/mol. The zero-order valence-corrected chi connectivity index (χ0v) is 16.3. The molecule has 0 saturated carbocycles. The summed E-state index contributed by atoms with van der Waals surface area (Å²) in [6, 6.07) is 6.18. The van der Waals surface area contributed by atoms with Crippen molar-refractivity contribution < 1.29 is 44.7 Å². The minimum atomic E-state index is -6.44. The van der Waals surface area contributed by atoms with E-state index in [9.17, 15) is 39.9 Å². The van der Waals surface area contributed by atoms with Crippen LogP contribution in [0.3, 0.4) is 0 Å². The fourth-order valence-corrected chi connectivity index (χ4v) is 2.28. The highest BCUT2D eigenvalue weighted by molar-refractivity contribution is 5.87. The van der Waals surface area contributed by atoms with E-state index in [1.165, 1.54) is 12.1 Å². The number of carbonyl (C=O) groups excluding carboxylic acids is 1. The lowest BCUT2D eigenvalue weighted by Crippen LogP contribution is -2.59. The van der Waals surface area contributed by atoms with E-state index in [4.69, 9.17) is 0 Å². The van der Waals surface area contributed by atoms with Gasteiger partial charge in [-0.05, 0) is 23.6 Å². The number of benzene rings is 1. The first-order valence-electron chi connectivity index (χ1n) is 8.99. The molecule has 0 unspecified atom stereocenters. The lowest BCUT2D eigenvalue weighted by molar-refractivity contribution is -0.344. The van der Waals surface area contributed by atoms with Crippen molar-refractivity contribution in [1.29, 1.82) is 0 Å². The Kier molecular flexibility index (Phi) is 7.58. The van der Waals surface area contributed by atoms with Gasteiger partial charge < -0.3 is 4.74 Å². The Hall–Kier alpha value is -3.05. The number of halogens is 8. The molecule has 0 radical (unpaired) electrons. The van der Waals surface area contributed by atoms with Crippen LogP contribution in [0.5, 0.6) is 0 Å². The van der Waals surface area contributed by atoms with Gasteiger partial charge in [0.1, 0.15) is 0 Å². The Morgan fingerprint density at radius 2 is 1.59 bits per heavy atom. The van der Waals surface area contributed by atoms with Gasteiger partial charge in [0, 0.05) is 24.0 Å². The number of ether oxygens (including phenoxy) is 1. The summed E-state index contributed by atoms with van der Waals surface area (Å²) in [5, 5.41) is 0. The van der Waals surface area contributed by atoms with E-state index in [-0.39, 0.29) is 0 Å². The summed E-state index contributed by atoms with van der Waals surface area (Å²) in [5.74, 6) is -19.6. The Morgan fingerprint density at radius 3 is 2.09 bits per heavy atom. The zero-order valence-electron chi connectivity index (χ0n) is 16.3. The summed E-state index contributed by atoms with van der Waals surface area (Å²) in [7, 11) is 0. The van der Waals surface area contributed by atoms with Crippen LogP contribution in [0.15, 0.2) is 42.7 Å². The number of aromatic nitrogens is 2. The molecule has 0 amide bonds. The first kappa shape index (κ1) is 25.2. The van der Waals surface area contributed by atoms with E-state index in [1.807, 2.05) is 6.92 Å². The number of nitrogens with zero attached hydrogens (tertiary/aromatic N) is 2. The van der Waals surface area contributed by atoms with Crippen LogP contribution in [-0.2, 0) is 16.0 Å². The van der Waals surface area contributed by atoms with Crippen LogP contribution in [0.4, 0.5) is 35.1 Å². The highest BCUT2D eigenvalue weighted by Crippen LogP contribution is 2.48. The average Bonchev–Trinajstić information content (AvgIpc) is 2.76. The van der Waals surface area contributed by atoms with Crippen LogP contribution in [0.2, 0.25) is 0 Å². The van der Waals surface area contributed by atoms with E-state index in [0.717, 1.165) is 18.1 Å². The largest absolute Gasteiger partial charge is 0.456 e. The van der Waals surface area contributed by atoms with Gasteiger partial charge in [-0.25, -0.2) is 23.5 Å². The molecule has 0 N–H and O–H groups in total. The second-order valence-corrected chi connectivity index (χ2v) is 6.53. The Bertz CT molecular complexity index is 945. The van der Waals surface area contributed by atoms with Gasteiger partial charge in [-0.1, -0.05) is 31.2 Å². The standard InChI is InChI=1S/C20H16F8N2O2/c1-2-12-9-29-16(30-10-12)14-6-3-13(4-7-14)5-8-15(31)32-11-18(23,24)20(27,28)19(25,26)17(21)22/h3-10,17H,2,11H2,1H3. The van der Waals surface area contributed by atoms with Crippen molar-refractivity contribution in [3.05, 3.63) is 53.9 Å². The van der Waals surface area contributed by atoms with Gasteiger partial charge in [-0.3, -0.25) is 0 Å². The average molecular weight is 468 g/mol. The molecule has 1 aromatic heterocycles. The Morgan fingerprint density at radius 1 is 1.03 bits per heavy atom. The van der Waals surface area contributed by atoms with Gasteiger partial charge in [-0.2, -0.15) is 26.3 Å². The van der Waals surface area contributed by atoms with Crippen LogP contribution in [0, 0.1) is 0 Å². The van der Waals surface area contributed by atoms with Crippen molar-refractivity contribution in [3.63, 3.8) is 0 Å². The van der Waals surface area contributed by atoms with Crippen LogP contribution in [-0.4, -0.2) is 46.7 Å². The molecule has 0 aliphatic heterocycles. The summed E-state index contributed by atoms with van der Waals surface area (Å²) < 4.78 is 106. The van der Waals surface area contributed by atoms with Crippen LogP contribution >= 0.6 is 0 Å². The van der Waals surface area contributed by atoms with E-state index >= 15 is 0 Å². The highest BCUT2D eigenvalue weighted by Gasteiger charge is 2.75. The van der Waals surface area contributed by atoms with Crippen molar-refractivity contribution in [3.8, 4) is 11.4 Å². The molecule has 1 aromatic carbocycles. The molecule has 0 bridgehead atoms. The predicted molar refractivity (Wildman–Crippen MR) is 97.7 cm³/mol. The third kappa shape index (κ3) is 5.40. The van der Waals surface area contributed by atoms with Gasteiger partial charge in [0.2, 0.25) is 0 Å². The molecule has 12 heteroatoms. The number of carbonyl (C=O) groups is 1. The van der Waals surface area contributed by atoms with E-state index in [1.54, 1.807) is 24.5 Å². The summed E-state index contributed by atoms with van der Waals surface area (Å²) in [6.45, 7) is -0.578. The number of aryl methyl sites for hydroxylation is 1. The lowest BCUT2D eigenvalue weighted by atomic mass is 10.1. The molecule has 0 aliphatic rings. The Balaban J connectivity index is 1.99. The maximum absolute atomic E-state index is 13.4. The maximum atomic E-state index is 13.4. The molecule has 0 saturated heterocycles. The van der Waals surface area contributed by atoms with Gasteiger partial charge in [0.05, 0.1) is 0 Å². The van der Waals surface area contributed by atoms with Gasteiger partial charge >= 0.3 is 30.2 Å². The first-order chi connectivity index (χ1) is 14.8. The van der Waals surface area contributed by atoms with E-state index in [0.29, 0.717) is 23.0 Å². The molecule has 2 aromatic rings. The predicted octanol–water partition coefficient (Wildman–Crippen LogP) is 5.43. The quantitative estimate of drug-likeness (QED) is 0.280. The summed E-state index contributed by atoms with van der Waals surface area (Å²) in [6.07, 6.45) is 0.693. The summed E-state index contributed by atoms with van der Waals surface area (Å²) in [5.41, 5.74) is 1.94. The summed E-state index contributed by atoms with van der Waals surface area (Å²) in [4.78, 5) is 19.8. The maximum Gasteiger partial charge on any atom is 0.381 e. The van der Waals surface area contributed by atoms with Crippen molar-refractivity contribution in [2.45, 2.75) is 37.5 Å². The third-order valence-corrected chi connectivity index (χ3v) is 4.24. The second-order valence-electron chi connectivity index (χ2n) is 6.53. The molecule has 0 atom stereocenters. The highest BCUT2D eigenvalue weighted by atomic mass is 19.4. The SMILES string of the molecule is CCc1cnc(-c2ccc(C=CC(=O)OCC(F)(F)C(F)(F)C(F)(F)C(F)F)cc2)nc1.